The van der Waals surface area contributed by atoms with Crippen LogP contribution in [0.25, 0.3) is 22.3 Å². The highest BCUT2D eigenvalue weighted by Gasteiger charge is 2.19. The summed E-state index contributed by atoms with van der Waals surface area (Å²) in [6, 6.07) is 13.8. The summed E-state index contributed by atoms with van der Waals surface area (Å²) in [5.41, 5.74) is 4.55. The van der Waals surface area contributed by atoms with Gasteiger partial charge in [-0.2, -0.15) is 0 Å². The lowest BCUT2D eigenvalue weighted by Crippen LogP contribution is -2.36. The second-order valence-electron chi connectivity index (χ2n) is 8.24. The third-order valence-corrected chi connectivity index (χ3v) is 6.00. The average molecular weight is 473 g/mol. The van der Waals surface area contributed by atoms with Crippen LogP contribution in [0.5, 0.6) is 0 Å². The number of carbonyl (C=O) groups excluding carboxylic acids is 1. The second kappa shape index (κ2) is 9.63. The Balaban J connectivity index is 1.65. The van der Waals surface area contributed by atoms with Crippen molar-refractivity contribution < 1.29 is 13.9 Å². The maximum Gasteiger partial charge on any atom is 0.269 e. The van der Waals surface area contributed by atoms with E-state index in [4.69, 9.17) is 9.72 Å². The third kappa shape index (κ3) is 4.63. The van der Waals surface area contributed by atoms with Crippen LogP contribution in [0, 0.1) is 12.7 Å². The van der Waals surface area contributed by atoms with Crippen molar-refractivity contribution in [3.63, 3.8) is 0 Å². The SMILES string of the molecule is CNC(=O)c1cc(N2CCOCC2)cc(Nc2c(C)c(-c3ccccn3)nc3cc(F)ccc23)n1. The molecule has 4 heterocycles. The minimum Gasteiger partial charge on any atom is -0.378 e. The van der Waals surface area contributed by atoms with Crippen molar-refractivity contribution in [2.24, 2.45) is 0 Å². The molecule has 8 nitrogen and oxygen atoms in total. The summed E-state index contributed by atoms with van der Waals surface area (Å²) in [6.45, 7) is 4.61. The quantitative estimate of drug-likeness (QED) is 0.452. The molecule has 0 saturated carbocycles. The molecule has 9 heteroatoms. The Morgan fingerprint density at radius 3 is 2.66 bits per heavy atom. The average Bonchev–Trinajstić information content (AvgIpc) is 2.90. The minimum atomic E-state index is -0.374. The maximum atomic E-state index is 14.1. The molecule has 0 aliphatic carbocycles. The van der Waals surface area contributed by atoms with Gasteiger partial charge in [0.2, 0.25) is 0 Å². The maximum absolute atomic E-state index is 14.1. The van der Waals surface area contributed by atoms with Crippen LogP contribution in [0.15, 0.2) is 54.7 Å². The largest absolute Gasteiger partial charge is 0.378 e. The minimum absolute atomic E-state index is 0.282. The zero-order chi connectivity index (χ0) is 24.4. The number of hydrogen-bond donors (Lipinski definition) is 2. The molecule has 35 heavy (non-hydrogen) atoms. The van der Waals surface area contributed by atoms with Crippen molar-refractivity contribution >= 4 is 34.0 Å². The zero-order valence-corrected chi connectivity index (χ0v) is 19.5. The summed E-state index contributed by atoms with van der Waals surface area (Å²) in [7, 11) is 1.58. The number of rotatable bonds is 5. The molecule has 1 aliphatic heterocycles. The number of hydrogen-bond acceptors (Lipinski definition) is 7. The molecule has 0 atom stereocenters. The number of carbonyl (C=O) groups is 1. The van der Waals surface area contributed by atoms with Crippen LogP contribution in [0.1, 0.15) is 16.1 Å². The van der Waals surface area contributed by atoms with Gasteiger partial charge in [-0.1, -0.05) is 6.07 Å². The zero-order valence-electron chi connectivity index (χ0n) is 19.5. The van der Waals surface area contributed by atoms with Crippen LogP contribution in [-0.4, -0.2) is 54.2 Å². The van der Waals surface area contributed by atoms with Gasteiger partial charge in [0.25, 0.3) is 5.91 Å². The Hall–Kier alpha value is -4.11. The first-order valence-electron chi connectivity index (χ1n) is 11.4. The summed E-state index contributed by atoms with van der Waals surface area (Å²) < 4.78 is 19.6. The van der Waals surface area contributed by atoms with Gasteiger partial charge in [0, 0.05) is 55.1 Å². The normalized spacial score (nSPS) is 13.6. The van der Waals surface area contributed by atoms with E-state index in [-0.39, 0.29) is 11.7 Å². The van der Waals surface area contributed by atoms with Crippen molar-refractivity contribution in [3.8, 4) is 11.4 Å². The number of anilines is 3. The predicted molar refractivity (Wildman–Crippen MR) is 134 cm³/mol. The number of fused-ring (bicyclic) bond motifs is 1. The molecule has 1 saturated heterocycles. The lowest BCUT2D eigenvalue weighted by atomic mass is 10.0. The van der Waals surface area contributed by atoms with E-state index in [1.165, 1.54) is 12.1 Å². The molecule has 2 N–H and O–H groups in total. The second-order valence-corrected chi connectivity index (χ2v) is 8.24. The number of benzene rings is 1. The highest BCUT2D eigenvalue weighted by Crippen LogP contribution is 2.35. The van der Waals surface area contributed by atoms with E-state index < -0.39 is 0 Å². The van der Waals surface area contributed by atoms with Gasteiger partial charge in [-0.15, -0.1) is 0 Å². The van der Waals surface area contributed by atoms with Crippen LogP contribution < -0.4 is 15.5 Å². The fourth-order valence-electron chi connectivity index (χ4n) is 4.20. The Morgan fingerprint density at radius 2 is 1.91 bits per heavy atom. The van der Waals surface area contributed by atoms with Gasteiger partial charge in [-0.25, -0.2) is 14.4 Å². The van der Waals surface area contributed by atoms with Crippen LogP contribution in [0.2, 0.25) is 0 Å². The monoisotopic (exact) mass is 472 g/mol. The molecule has 0 unspecified atom stereocenters. The summed E-state index contributed by atoms with van der Waals surface area (Å²) in [5.74, 6) is -0.156. The van der Waals surface area contributed by atoms with E-state index in [0.717, 1.165) is 35.4 Å². The molecule has 3 aromatic heterocycles. The Bertz CT molecular complexity index is 1390. The van der Waals surface area contributed by atoms with Crippen molar-refractivity contribution in [2.75, 3.05) is 43.6 Å². The Labute approximate surface area is 202 Å². The summed E-state index contributed by atoms with van der Waals surface area (Å²) in [5, 5.41) is 6.79. The highest BCUT2D eigenvalue weighted by molar-refractivity contribution is 5.98. The number of amides is 1. The van der Waals surface area contributed by atoms with Crippen LogP contribution in [0.4, 0.5) is 21.6 Å². The number of aromatic nitrogens is 3. The van der Waals surface area contributed by atoms with Gasteiger partial charge >= 0.3 is 0 Å². The van der Waals surface area contributed by atoms with Gasteiger partial charge in [-0.05, 0) is 37.3 Å². The molecule has 1 aliphatic rings. The number of nitrogens with zero attached hydrogens (tertiary/aromatic N) is 4. The Morgan fingerprint density at radius 1 is 1.09 bits per heavy atom. The molecule has 0 spiro atoms. The van der Waals surface area contributed by atoms with Crippen molar-refractivity contribution in [1.82, 2.24) is 20.3 Å². The molecule has 0 radical (unpaired) electrons. The number of nitrogens with one attached hydrogen (secondary N) is 2. The van der Waals surface area contributed by atoms with E-state index in [9.17, 15) is 9.18 Å². The molecular formula is C26H25FN6O2. The molecule has 1 aromatic carbocycles. The highest BCUT2D eigenvalue weighted by atomic mass is 19.1. The summed E-state index contributed by atoms with van der Waals surface area (Å²) in [6.07, 6.45) is 1.70. The van der Waals surface area contributed by atoms with Gasteiger partial charge in [0.05, 0.1) is 35.8 Å². The standard InChI is InChI=1S/C26H25FN6O2/c1-16-24(19-7-6-17(27)13-21(19)31-25(16)20-5-3-4-8-29-20)32-23-15-18(33-9-11-35-12-10-33)14-22(30-23)26(34)28-2/h3-8,13-15H,9-12H2,1-2H3,(H,28,34)(H,30,31,32). The van der Waals surface area contributed by atoms with Crippen LogP contribution in [-0.2, 0) is 4.74 Å². The molecule has 178 valence electrons. The first-order valence-corrected chi connectivity index (χ1v) is 11.4. The van der Waals surface area contributed by atoms with E-state index in [1.807, 2.05) is 31.2 Å². The van der Waals surface area contributed by atoms with Gasteiger partial charge < -0.3 is 20.3 Å². The lowest BCUT2D eigenvalue weighted by molar-refractivity contribution is 0.0958. The number of halogens is 1. The van der Waals surface area contributed by atoms with E-state index in [2.05, 4.69) is 25.5 Å². The molecular weight excluding hydrogens is 447 g/mol. The van der Waals surface area contributed by atoms with Crippen molar-refractivity contribution in [2.45, 2.75) is 6.92 Å². The van der Waals surface area contributed by atoms with Crippen molar-refractivity contribution in [3.05, 3.63) is 71.8 Å². The fraction of sp³-hybridized carbons (Fsp3) is 0.231. The van der Waals surface area contributed by atoms with Gasteiger partial charge in [0.1, 0.15) is 17.3 Å². The summed E-state index contributed by atoms with van der Waals surface area (Å²) >= 11 is 0. The lowest BCUT2D eigenvalue weighted by Gasteiger charge is -2.29. The van der Waals surface area contributed by atoms with E-state index in [1.54, 1.807) is 25.4 Å². The predicted octanol–water partition coefficient (Wildman–Crippen LogP) is 4.08. The van der Waals surface area contributed by atoms with Crippen LogP contribution >= 0.6 is 0 Å². The van der Waals surface area contributed by atoms with Crippen LogP contribution in [0.3, 0.4) is 0 Å². The molecule has 0 bridgehead atoms. The first kappa shape index (κ1) is 22.7. The number of ether oxygens (including phenoxy) is 1. The smallest absolute Gasteiger partial charge is 0.269 e. The molecule has 5 rings (SSSR count). The Kier molecular flexibility index (Phi) is 6.24. The summed E-state index contributed by atoms with van der Waals surface area (Å²) in [4.78, 5) is 28.4. The van der Waals surface area contributed by atoms with Gasteiger partial charge in [0.15, 0.2) is 0 Å². The number of pyridine rings is 3. The first-order chi connectivity index (χ1) is 17.0. The van der Waals surface area contributed by atoms with Gasteiger partial charge in [-0.3, -0.25) is 9.78 Å². The molecule has 1 fully saturated rings. The third-order valence-electron chi connectivity index (χ3n) is 6.00. The number of morpholine rings is 1. The van der Waals surface area contributed by atoms with E-state index in [0.29, 0.717) is 41.6 Å². The van der Waals surface area contributed by atoms with E-state index >= 15 is 0 Å². The molecule has 4 aromatic rings. The topological polar surface area (TPSA) is 92.3 Å². The van der Waals surface area contributed by atoms with Crippen molar-refractivity contribution in [1.29, 1.82) is 0 Å². The molecule has 1 amide bonds. The fourth-order valence-corrected chi connectivity index (χ4v) is 4.20.